The highest BCUT2D eigenvalue weighted by atomic mass is 32.1. The molecule has 2 amide bonds. The van der Waals surface area contributed by atoms with Gasteiger partial charge < -0.3 is 19.7 Å². The molecule has 0 bridgehead atoms. The Labute approximate surface area is 150 Å². The topological polar surface area (TPSA) is 80.8 Å². The van der Waals surface area contributed by atoms with E-state index in [0.29, 0.717) is 17.2 Å². The van der Waals surface area contributed by atoms with Crippen molar-refractivity contribution in [3.63, 3.8) is 0 Å². The molecule has 1 aromatic carbocycles. The Morgan fingerprint density at radius 1 is 1.24 bits per heavy atom. The number of esters is 1. The van der Waals surface area contributed by atoms with Crippen LogP contribution in [0.25, 0.3) is 0 Å². The zero-order chi connectivity index (χ0) is 18.4. The van der Waals surface area contributed by atoms with Crippen LogP contribution < -0.4 is 10.1 Å². The van der Waals surface area contributed by atoms with Crippen LogP contribution in [0.3, 0.4) is 0 Å². The van der Waals surface area contributed by atoms with E-state index in [0.717, 1.165) is 5.75 Å². The molecule has 0 fully saturated rings. The van der Waals surface area contributed by atoms with Gasteiger partial charge >= 0.3 is 12.0 Å². The monoisotopic (exact) mass is 363 g/mol. The van der Waals surface area contributed by atoms with Crippen LogP contribution in [0.15, 0.2) is 29.6 Å². The lowest BCUT2D eigenvalue weighted by atomic mass is 10.3. The molecule has 1 aromatic heterocycles. The van der Waals surface area contributed by atoms with Gasteiger partial charge in [-0.2, -0.15) is 0 Å². The van der Waals surface area contributed by atoms with Crippen molar-refractivity contribution in [3.8, 4) is 5.75 Å². The highest BCUT2D eigenvalue weighted by Crippen LogP contribution is 2.18. The first-order valence-electron chi connectivity index (χ1n) is 7.69. The van der Waals surface area contributed by atoms with Crippen molar-refractivity contribution in [1.82, 2.24) is 9.88 Å². The van der Waals surface area contributed by atoms with E-state index in [1.54, 1.807) is 41.7 Å². The molecule has 7 nitrogen and oxygen atoms in total. The molecule has 0 aliphatic carbocycles. The van der Waals surface area contributed by atoms with Crippen LogP contribution in [0.4, 0.5) is 10.5 Å². The van der Waals surface area contributed by atoms with Gasteiger partial charge in [-0.3, -0.25) is 0 Å². The zero-order valence-corrected chi connectivity index (χ0v) is 15.4. The van der Waals surface area contributed by atoms with Crippen molar-refractivity contribution in [2.45, 2.75) is 26.4 Å². The van der Waals surface area contributed by atoms with Crippen LogP contribution >= 0.6 is 11.3 Å². The molecule has 0 saturated carbocycles. The quantitative estimate of drug-likeness (QED) is 0.796. The number of ether oxygens (including phenoxy) is 2. The molecule has 8 heteroatoms. The number of nitrogens with one attached hydrogen (secondary N) is 1. The highest BCUT2D eigenvalue weighted by molar-refractivity contribution is 7.09. The van der Waals surface area contributed by atoms with Crippen LogP contribution in [-0.4, -0.2) is 42.1 Å². The number of urea groups is 1. The fourth-order valence-electron chi connectivity index (χ4n) is 2.09. The second kappa shape index (κ2) is 8.48. The van der Waals surface area contributed by atoms with Crippen molar-refractivity contribution < 1.29 is 19.1 Å². The van der Waals surface area contributed by atoms with Crippen molar-refractivity contribution >= 4 is 29.0 Å². The maximum absolute atomic E-state index is 12.6. The Bertz CT molecular complexity index is 728. The zero-order valence-electron chi connectivity index (χ0n) is 14.6. The summed E-state index contributed by atoms with van der Waals surface area (Å²) in [5.41, 5.74) is 0.924. The number of carbonyl (C=O) groups excluding carboxylic acids is 2. The number of hydrogen-bond acceptors (Lipinski definition) is 6. The fraction of sp³-hybridized carbons (Fsp3) is 0.353. The number of hydrogen-bond donors (Lipinski definition) is 1. The van der Waals surface area contributed by atoms with E-state index in [1.165, 1.54) is 18.4 Å². The minimum absolute atomic E-state index is 0.0382. The number of carbonyl (C=O) groups is 2. The van der Waals surface area contributed by atoms with Gasteiger partial charge in [0, 0.05) is 17.1 Å². The van der Waals surface area contributed by atoms with Crippen LogP contribution in [0.1, 0.15) is 29.3 Å². The maximum atomic E-state index is 12.6. The Balaban J connectivity index is 2.07. The van der Waals surface area contributed by atoms with Crippen molar-refractivity contribution in [2.75, 3.05) is 19.5 Å². The largest absolute Gasteiger partial charge is 0.497 e. The van der Waals surface area contributed by atoms with Gasteiger partial charge in [0.05, 0.1) is 20.8 Å². The van der Waals surface area contributed by atoms with Gasteiger partial charge in [-0.1, -0.05) is 0 Å². The lowest BCUT2D eigenvalue weighted by Crippen LogP contribution is -2.39. The Kier molecular flexibility index (Phi) is 6.35. The molecule has 25 heavy (non-hydrogen) atoms. The van der Waals surface area contributed by atoms with E-state index < -0.39 is 5.97 Å². The number of methoxy groups -OCH3 is 2. The summed E-state index contributed by atoms with van der Waals surface area (Å²) in [6.07, 6.45) is 0. The van der Waals surface area contributed by atoms with Crippen LogP contribution in [-0.2, 0) is 11.3 Å². The molecule has 1 N–H and O–H groups in total. The molecule has 0 saturated heterocycles. The van der Waals surface area contributed by atoms with Gasteiger partial charge in [0.2, 0.25) is 0 Å². The standard InChI is InChI=1S/C17H21N3O4S/c1-11(2)20(9-15-19-14(10-25-15)16(21)24-4)17(22)18-12-5-7-13(23-3)8-6-12/h5-8,10-11H,9H2,1-4H3,(H,18,22). The highest BCUT2D eigenvalue weighted by Gasteiger charge is 2.20. The molecule has 0 atom stereocenters. The summed E-state index contributed by atoms with van der Waals surface area (Å²) < 4.78 is 9.75. The molecule has 134 valence electrons. The minimum Gasteiger partial charge on any atom is -0.497 e. The number of benzene rings is 1. The summed E-state index contributed by atoms with van der Waals surface area (Å²) in [5, 5.41) is 5.14. The number of anilines is 1. The normalized spacial score (nSPS) is 10.4. The van der Waals surface area contributed by atoms with Gasteiger partial charge in [-0.05, 0) is 38.1 Å². The van der Waals surface area contributed by atoms with Gasteiger partial charge in [0.25, 0.3) is 0 Å². The van der Waals surface area contributed by atoms with Crippen LogP contribution in [0.5, 0.6) is 5.75 Å². The Morgan fingerprint density at radius 2 is 1.92 bits per heavy atom. The molecule has 0 aliphatic heterocycles. The lowest BCUT2D eigenvalue weighted by molar-refractivity contribution is 0.0594. The molecule has 0 spiro atoms. The van der Waals surface area contributed by atoms with E-state index in [9.17, 15) is 9.59 Å². The predicted molar refractivity (Wildman–Crippen MR) is 96.1 cm³/mol. The van der Waals surface area contributed by atoms with E-state index in [-0.39, 0.29) is 17.8 Å². The Hall–Kier alpha value is -2.61. The van der Waals surface area contributed by atoms with E-state index in [2.05, 4.69) is 15.0 Å². The second-order valence-electron chi connectivity index (χ2n) is 5.50. The second-order valence-corrected chi connectivity index (χ2v) is 6.44. The molecule has 0 unspecified atom stereocenters. The molecule has 0 aliphatic rings. The SMILES string of the molecule is COC(=O)c1csc(CN(C(=O)Nc2ccc(OC)cc2)C(C)C)n1. The maximum Gasteiger partial charge on any atom is 0.357 e. The third-order valence-corrected chi connectivity index (χ3v) is 4.31. The predicted octanol–water partition coefficient (Wildman–Crippen LogP) is 3.38. The summed E-state index contributed by atoms with van der Waals surface area (Å²) in [4.78, 5) is 29.9. The number of amides is 2. The Morgan fingerprint density at radius 3 is 2.48 bits per heavy atom. The van der Waals surface area contributed by atoms with Crippen LogP contribution in [0, 0.1) is 0 Å². The van der Waals surface area contributed by atoms with Crippen molar-refractivity contribution in [3.05, 3.63) is 40.3 Å². The molecular weight excluding hydrogens is 342 g/mol. The third kappa shape index (κ3) is 4.93. The first-order valence-corrected chi connectivity index (χ1v) is 8.57. The molecule has 0 radical (unpaired) electrons. The number of nitrogens with zero attached hydrogens (tertiary/aromatic N) is 2. The smallest absolute Gasteiger partial charge is 0.357 e. The summed E-state index contributed by atoms with van der Waals surface area (Å²) >= 11 is 1.32. The van der Waals surface area contributed by atoms with Gasteiger partial charge in [-0.25, -0.2) is 14.6 Å². The molecular formula is C17H21N3O4S. The first-order chi connectivity index (χ1) is 11.9. The van der Waals surface area contributed by atoms with Gasteiger partial charge in [0.1, 0.15) is 10.8 Å². The van der Waals surface area contributed by atoms with Crippen LogP contribution in [0.2, 0.25) is 0 Å². The first kappa shape index (κ1) is 18.7. The fourth-order valence-corrected chi connectivity index (χ4v) is 2.85. The van der Waals surface area contributed by atoms with E-state index in [1.807, 2.05) is 13.8 Å². The number of rotatable bonds is 6. The van der Waals surface area contributed by atoms with E-state index >= 15 is 0 Å². The molecule has 2 rings (SSSR count). The lowest BCUT2D eigenvalue weighted by Gasteiger charge is -2.26. The minimum atomic E-state index is -0.485. The molecule has 1 heterocycles. The summed E-state index contributed by atoms with van der Waals surface area (Å²) in [6.45, 7) is 4.15. The van der Waals surface area contributed by atoms with Gasteiger partial charge in [0.15, 0.2) is 5.69 Å². The summed E-state index contributed by atoms with van der Waals surface area (Å²) in [6, 6.07) is 6.82. The third-order valence-electron chi connectivity index (χ3n) is 3.48. The van der Waals surface area contributed by atoms with Crippen molar-refractivity contribution in [2.24, 2.45) is 0 Å². The summed E-state index contributed by atoms with van der Waals surface area (Å²) in [5.74, 6) is 0.234. The number of thiazole rings is 1. The average molecular weight is 363 g/mol. The average Bonchev–Trinajstić information content (AvgIpc) is 3.08. The number of aromatic nitrogens is 1. The van der Waals surface area contributed by atoms with Crippen molar-refractivity contribution in [1.29, 1.82) is 0 Å². The summed E-state index contributed by atoms with van der Waals surface area (Å²) in [7, 11) is 2.90. The van der Waals surface area contributed by atoms with E-state index in [4.69, 9.17) is 4.74 Å². The van der Waals surface area contributed by atoms with Gasteiger partial charge in [-0.15, -0.1) is 11.3 Å². The molecule has 2 aromatic rings.